The molecule has 1 atom stereocenters. The van der Waals surface area contributed by atoms with E-state index < -0.39 is 5.60 Å². The summed E-state index contributed by atoms with van der Waals surface area (Å²) in [7, 11) is 0. The van der Waals surface area contributed by atoms with Gasteiger partial charge in [-0.3, -0.25) is 0 Å². The Morgan fingerprint density at radius 3 is 2.88 bits per heavy atom. The van der Waals surface area contributed by atoms with Crippen molar-refractivity contribution in [3.63, 3.8) is 0 Å². The maximum absolute atomic E-state index is 12.4. The molecular formula is C18H27BrN2O3. The lowest BCUT2D eigenvalue weighted by molar-refractivity contribution is 0.00822. The second kappa shape index (κ2) is 8.70. The maximum Gasteiger partial charge on any atom is 0.410 e. The summed E-state index contributed by atoms with van der Waals surface area (Å²) in [5, 5.41) is 0. The molecule has 1 fully saturated rings. The van der Waals surface area contributed by atoms with Crippen molar-refractivity contribution in [2.75, 3.05) is 13.2 Å². The van der Waals surface area contributed by atoms with Crippen molar-refractivity contribution < 1.29 is 14.3 Å². The van der Waals surface area contributed by atoms with Crippen molar-refractivity contribution in [1.29, 1.82) is 0 Å². The molecule has 1 aromatic heterocycles. The number of pyridine rings is 1. The van der Waals surface area contributed by atoms with Crippen LogP contribution in [0.25, 0.3) is 0 Å². The highest BCUT2D eigenvalue weighted by Crippen LogP contribution is 2.23. The number of likely N-dealkylation sites (tertiary alicyclic amines) is 1. The Morgan fingerprint density at radius 1 is 1.38 bits per heavy atom. The molecule has 1 aromatic rings. The lowest BCUT2D eigenvalue weighted by Gasteiger charge is -2.36. The lowest BCUT2D eigenvalue weighted by Crippen LogP contribution is -2.46. The van der Waals surface area contributed by atoms with E-state index >= 15 is 0 Å². The van der Waals surface area contributed by atoms with Gasteiger partial charge in [-0.1, -0.05) is 6.07 Å². The summed E-state index contributed by atoms with van der Waals surface area (Å²) >= 11 is 3.33. The Bertz CT molecular complexity index is 545. The fourth-order valence-electron chi connectivity index (χ4n) is 2.83. The zero-order valence-electron chi connectivity index (χ0n) is 14.8. The van der Waals surface area contributed by atoms with Gasteiger partial charge < -0.3 is 14.4 Å². The van der Waals surface area contributed by atoms with E-state index in [1.165, 1.54) is 0 Å². The second-order valence-electron chi connectivity index (χ2n) is 7.11. The summed E-state index contributed by atoms with van der Waals surface area (Å²) in [6, 6.07) is 5.86. The number of piperidine rings is 1. The first-order valence-electron chi connectivity index (χ1n) is 8.60. The molecule has 0 radical (unpaired) electrons. The van der Waals surface area contributed by atoms with Crippen molar-refractivity contribution >= 4 is 22.0 Å². The predicted molar refractivity (Wildman–Crippen MR) is 97.2 cm³/mol. The van der Waals surface area contributed by atoms with Gasteiger partial charge in [0.2, 0.25) is 5.88 Å². The minimum absolute atomic E-state index is 0.193. The highest BCUT2D eigenvalue weighted by atomic mass is 79.9. The van der Waals surface area contributed by atoms with Gasteiger partial charge in [0, 0.05) is 18.7 Å². The van der Waals surface area contributed by atoms with Gasteiger partial charge in [0.15, 0.2) is 0 Å². The Kier molecular flexibility index (Phi) is 6.90. The van der Waals surface area contributed by atoms with Gasteiger partial charge in [0.05, 0.1) is 6.61 Å². The molecule has 0 bridgehead atoms. The number of aromatic nitrogens is 1. The van der Waals surface area contributed by atoms with Crippen LogP contribution in [-0.4, -0.2) is 40.8 Å². The van der Waals surface area contributed by atoms with Gasteiger partial charge >= 0.3 is 6.09 Å². The zero-order chi connectivity index (χ0) is 17.6. The molecule has 0 unspecified atom stereocenters. The molecule has 0 saturated carbocycles. The monoisotopic (exact) mass is 398 g/mol. The van der Waals surface area contributed by atoms with E-state index in [-0.39, 0.29) is 12.1 Å². The normalized spacial score (nSPS) is 18.3. The minimum Gasteiger partial charge on any atom is -0.478 e. The molecule has 0 aliphatic carbocycles. The number of amides is 1. The zero-order valence-corrected chi connectivity index (χ0v) is 16.3. The topological polar surface area (TPSA) is 51.7 Å². The molecule has 1 aliphatic heterocycles. The summed E-state index contributed by atoms with van der Waals surface area (Å²) in [6.45, 7) is 7.10. The molecule has 2 heterocycles. The molecule has 1 aliphatic rings. The minimum atomic E-state index is -0.450. The standard InChI is InChI=1S/C18H27BrN2O3/c1-18(2,3)24-17(22)21-12-5-4-8-14(21)9-7-13-23-16-11-6-10-15(19)20-16/h6,10-11,14H,4-5,7-9,12-13H2,1-3H3/t14-/m1/s1. The van der Waals surface area contributed by atoms with Crippen LogP contribution in [0.4, 0.5) is 4.79 Å². The van der Waals surface area contributed by atoms with Crippen molar-refractivity contribution in [2.24, 2.45) is 0 Å². The first-order valence-corrected chi connectivity index (χ1v) is 9.39. The Balaban J connectivity index is 1.79. The highest BCUT2D eigenvalue weighted by Gasteiger charge is 2.30. The molecule has 2 rings (SSSR count). The molecule has 5 nitrogen and oxygen atoms in total. The Labute approximate surface area is 152 Å². The van der Waals surface area contributed by atoms with Gasteiger partial charge in [0.1, 0.15) is 10.2 Å². The smallest absolute Gasteiger partial charge is 0.410 e. The number of hydrogen-bond donors (Lipinski definition) is 0. The van der Waals surface area contributed by atoms with Crippen LogP contribution in [0.1, 0.15) is 52.9 Å². The molecule has 0 spiro atoms. The quantitative estimate of drug-likeness (QED) is 0.528. The number of hydrogen-bond acceptors (Lipinski definition) is 4. The van der Waals surface area contributed by atoms with E-state index in [2.05, 4.69) is 20.9 Å². The van der Waals surface area contributed by atoms with E-state index in [0.29, 0.717) is 12.5 Å². The van der Waals surface area contributed by atoms with Crippen LogP contribution in [-0.2, 0) is 4.74 Å². The molecule has 1 saturated heterocycles. The first-order chi connectivity index (χ1) is 11.3. The Morgan fingerprint density at radius 2 is 2.17 bits per heavy atom. The van der Waals surface area contributed by atoms with Crippen LogP contribution in [0.5, 0.6) is 5.88 Å². The average molecular weight is 399 g/mol. The Hall–Kier alpha value is -1.30. The molecule has 134 valence electrons. The maximum atomic E-state index is 12.4. The summed E-state index contributed by atoms with van der Waals surface area (Å²) in [6.07, 6.45) is 4.87. The fraction of sp³-hybridized carbons (Fsp3) is 0.667. The number of ether oxygens (including phenoxy) is 2. The van der Waals surface area contributed by atoms with Crippen LogP contribution in [0.3, 0.4) is 0 Å². The number of carbonyl (C=O) groups is 1. The third-order valence-corrected chi connectivity index (χ3v) is 4.32. The second-order valence-corrected chi connectivity index (χ2v) is 7.93. The molecule has 6 heteroatoms. The number of halogens is 1. The van der Waals surface area contributed by atoms with E-state index in [0.717, 1.165) is 43.3 Å². The van der Waals surface area contributed by atoms with Crippen LogP contribution < -0.4 is 4.74 Å². The highest BCUT2D eigenvalue weighted by molar-refractivity contribution is 9.10. The molecule has 0 N–H and O–H groups in total. The van der Waals surface area contributed by atoms with Crippen LogP contribution in [0.2, 0.25) is 0 Å². The number of carbonyl (C=O) groups excluding carboxylic acids is 1. The van der Waals surface area contributed by atoms with Crippen LogP contribution in [0.15, 0.2) is 22.8 Å². The SMILES string of the molecule is CC(C)(C)OC(=O)N1CCCC[C@@H]1CCCOc1cccc(Br)n1. The van der Waals surface area contributed by atoms with Gasteiger partial charge in [-0.05, 0) is 74.9 Å². The van der Waals surface area contributed by atoms with E-state index in [9.17, 15) is 4.79 Å². The van der Waals surface area contributed by atoms with Crippen molar-refractivity contribution in [2.45, 2.75) is 64.5 Å². The lowest BCUT2D eigenvalue weighted by atomic mass is 9.98. The van der Waals surface area contributed by atoms with Crippen molar-refractivity contribution in [3.8, 4) is 5.88 Å². The van der Waals surface area contributed by atoms with E-state index in [1.807, 2.05) is 43.9 Å². The summed E-state index contributed by atoms with van der Waals surface area (Å²) in [5.74, 6) is 0.622. The van der Waals surface area contributed by atoms with E-state index in [4.69, 9.17) is 9.47 Å². The molecule has 1 amide bonds. The van der Waals surface area contributed by atoms with Gasteiger partial charge in [-0.2, -0.15) is 0 Å². The van der Waals surface area contributed by atoms with Gasteiger partial charge in [-0.25, -0.2) is 9.78 Å². The molecule has 0 aromatic carbocycles. The summed E-state index contributed by atoms with van der Waals surface area (Å²) in [4.78, 5) is 18.5. The largest absolute Gasteiger partial charge is 0.478 e. The van der Waals surface area contributed by atoms with Crippen LogP contribution >= 0.6 is 15.9 Å². The summed E-state index contributed by atoms with van der Waals surface area (Å²) in [5.41, 5.74) is -0.450. The molecular weight excluding hydrogens is 372 g/mol. The predicted octanol–water partition coefficient (Wildman–Crippen LogP) is 4.79. The first kappa shape index (κ1) is 19.0. The number of nitrogens with zero attached hydrogens (tertiary/aromatic N) is 2. The third-order valence-electron chi connectivity index (χ3n) is 3.88. The van der Waals surface area contributed by atoms with E-state index in [1.54, 1.807) is 0 Å². The number of rotatable bonds is 5. The fourth-order valence-corrected chi connectivity index (χ4v) is 3.15. The van der Waals surface area contributed by atoms with Crippen molar-refractivity contribution in [3.05, 3.63) is 22.8 Å². The van der Waals surface area contributed by atoms with Crippen LogP contribution in [0, 0.1) is 0 Å². The van der Waals surface area contributed by atoms with Gasteiger partial charge in [-0.15, -0.1) is 0 Å². The van der Waals surface area contributed by atoms with Crippen molar-refractivity contribution in [1.82, 2.24) is 9.88 Å². The third kappa shape index (κ3) is 6.30. The van der Waals surface area contributed by atoms with Gasteiger partial charge in [0.25, 0.3) is 0 Å². The molecule has 24 heavy (non-hydrogen) atoms. The summed E-state index contributed by atoms with van der Waals surface area (Å²) < 4.78 is 12.0. The average Bonchev–Trinajstić information content (AvgIpc) is 2.50.